The molecule has 0 spiro atoms. The van der Waals surface area contributed by atoms with Crippen LogP contribution in [0, 0.1) is 6.92 Å². The van der Waals surface area contributed by atoms with Crippen LogP contribution in [0.5, 0.6) is 5.75 Å². The van der Waals surface area contributed by atoms with Crippen molar-refractivity contribution in [2.24, 2.45) is 0 Å². The lowest BCUT2D eigenvalue weighted by Gasteiger charge is -2.31. The first-order valence-corrected chi connectivity index (χ1v) is 11.6. The largest absolute Gasteiger partial charge is 0.497 e. The Morgan fingerprint density at radius 3 is 2.22 bits per heavy atom. The zero-order valence-corrected chi connectivity index (χ0v) is 20.5. The molecule has 2 heterocycles. The fourth-order valence-electron chi connectivity index (χ4n) is 3.77. The van der Waals surface area contributed by atoms with Crippen LogP contribution in [0.3, 0.4) is 0 Å². The summed E-state index contributed by atoms with van der Waals surface area (Å²) in [7, 11) is 1.54. The van der Waals surface area contributed by atoms with E-state index >= 15 is 0 Å². The van der Waals surface area contributed by atoms with Gasteiger partial charge in [0.15, 0.2) is 5.76 Å². The van der Waals surface area contributed by atoms with Crippen LogP contribution in [0.25, 0.3) is 0 Å². The maximum absolute atomic E-state index is 13.6. The van der Waals surface area contributed by atoms with Gasteiger partial charge in [-0.25, -0.2) is 0 Å². The second-order valence-corrected chi connectivity index (χ2v) is 8.23. The molecule has 190 valence electrons. The highest BCUT2D eigenvalue weighted by molar-refractivity contribution is 6.04. The van der Waals surface area contributed by atoms with E-state index in [1.807, 2.05) is 19.1 Å². The van der Waals surface area contributed by atoms with Crippen molar-refractivity contribution in [2.75, 3.05) is 18.6 Å². The summed E-state index contributed by atoms with van der Waals surface area (Å²) in [6.45, 7) is 1.72. The molecule has 2 N–H and O–H groups in total. The molecule has 0 radical (unpaired) electrons. The van der Waals surface area contributed by atoms with Crippen LogP contribution in [0.2, 0.25) is 0 Å². The third kappa shape index (κ3) is 6.26. The van der Waals surface area contributed by atoms with Crippen molar-refractivity contribution >= 4 is 23.4 Å². The number of furan rings is 2. The van der Waals surface area contributed by atoms with Crippen LogP contribution < -0.4 is 20.3 Å². The highest BCUT2D eigenvalue weighted by atomic mass is 16.5. The van der Waals surface area contributed by atoms with Crippen LogP contribution >= 0.6 is 0 Å². The van der Waals surface area contributed by atoms with Crippen LogP contribution in [-0.2, 0) is 16.1 Å². The topological polar surface area (TPSA) is 114 Å². The number of amides is 3. The monoisotopic (exact) mass is 501 g/mol. The molecule has 3 amide bonds. The second kappa shape index (κ2) is 11.8. The summed E-state index contributed by atoms with van der Waals surface area (Å²) in [6.07, 6.45) is 2.89. The molecule has 0 saturated carbocycles. The van der Waals surface area contributed by atoms with E-state index in [1.165, 1.54) is 23.5 Å². The molecule has 4 aromatic rings. The predicted octanol–water partition coefficient (Wildman–Crippen LogP) is 4.01. The van der Waals surface area contributed by atoms with Gasteiger partial charge in [-0.05, 0) is 61.0 Å². The SMILES string of the molecule is COc1ccc(N(C(=O)CNC(=O)c2ccco2)C(C(=O)NCc2ccco2)c2ccc(C)cc2)cc1. The van der Waals surface area contributed by atoms with Crippen molar-refractivity contribution < 1.29 is 28.0 Å². The molecule has 4 rings (SSSR count). The molecule has 1 atom stereocenters. The maximum atomic E-state index is 13.6. The quantitative estimate of drug-likeness (QED) is 0.339. The number of hydrogen-bond acceptors (Lipinski definition) is 6. The second-order valence-electron chi connectivity index (χ2n) is 8.23. The van der Waals surface area contributed by atoms with Crippen LogP contribution in [0.15, 0.2) is 94.2 Å². The number of nitrogens with zero attached hydrogens (tertiary/aromatic N) is 1. The first-order chi connectivity index (χ1) is 18.0. The van der Waals surface area contributed by atoms with Gasteiger partial charge >= 0.3 is 0 Å². The predicted molar refractivity (Wildman–Crippen MR) is 136 cm³/mol. The van der Waals surface area contributed by atoms with E-state index < -0.39 is 23.8 Å². The van der Waals surface area contributed by atoms with E-state index in [4.69, 9.17) is 13.6 Å². The van der Waals surface area contributed by atoms with Crippen molar-refractivity contribution in [2.45, 2.75) is 19.5 Å². The maximum Gasteiger partial charge on any atom is 0.287 e. The highest BCUT2D eigenvalue weighted by Gasteiger charge is 2.33. The lowest BCUT2D eigenvalue weighted by Crippen LogP contribution is -2.47. The first kappa shape index (κ1) is 25.3. The summed E-state index contributed by atoms with van der Waals surface area (Å²) >= 11 is 0. The van der Waals surface area contributed by atoms with Gasteiger partial charge in [0.2, 0.25) is 11.8 Å². The van der Waals surface area contributed by atoms with Gasteiger partial charge in [-0.3, -0.25) is 19.3 Å². The molecule has 2 aromatic carbocycles. The number of methoxy groups -OCH3 is 1. The number of anilines is 1. The smallest absolute Gasteiger partial charge is 0.287 e. The Kier molecular flexibility index (Phi) is 8.05. The van der Waals surface area contributed by atoms with Crippen molar-refractivity contribution in [3.63, 3.8) is 0 Å². The third-order valence-corrected chi connectivity index (χ3v) is 5.68. The lowest BCUT2D eigenvalue weighted by molar-refractivity contribution is -0.126. The van der Waals surface area contributed by atoms with Gasteiger partial charge in [-0.2, -0.15) is 0 Å². The van der Waals surface area contributed by atoms with Gasteiger partial charge in [0.05, 0.1) is 32.7 Å². The Hall–Kier alpha value is -4.79. The van der Waals surface area contributed by atoms with Crippen molar-refractivity contribution in [1.29, 1.82) is 0 Å². The molecular weight excluding hydrogens is 474 g/mol. The van der Waals surface area contributed by atoms with E-state index in [0.29, 0.717) is 22.8 Å². The van der Waals surface area contributed by atoms with Gasteiger partial charge < -0.3 is 24.2 Å². The molecule has 0 aliphatic rings. The minimum absolute atomic E-state index is 0.0788. The Morgan fingerprint density at radius 1 is 0.892 bits per heavy atom. The van der Waals surface area contributed by atoms with Gasteiger partial charge in [-0.1, -0.05) is 29.8 Å². The summed E-state index contributed by atoms with van der Waals surface area (Å²) in [4.78, 5) is 41.0. The fourth-order valence-corrected chi connectivity index (χ4v) is 3.77. The van der Waals surface area contributed by atoms with Crippen LogP contribution in [0.1, 0.15) is 33.5 Å². The Morgan fingerprint density at radius 2 is 1.59 bits per heavy atom. The molecule has 1 unspecified atom stereocenters. The summed E-state index contributed by atoms with van der Waals surface area (Å²) in [6, 6.07) is 19.6. The standard InChI is InChI=1S/C28H27N3O6/c1-19-7-9-20(10-8-19)26(28(34)29-17-23-5-3-15-36-23)31(21-11-13-22(35-2)14-12-21)25(32)18-30-27(33)24-6-4-16-37-24/h3-16,26H,17-18H2,1-2H3,(H,29,34)(H,30,33). The van der Waals surface area contributed by atoms with Crippen molar-refractivity contribution in [3.05, 3.63) is 108 Å². The first-order valence-electron chi connectivity index (χ1n) is 11.6. The average molecular weight is 502 g/mol. The normalized spacial score (nSPS) is 11.4. The van der Waals surface area contributed by atoms with E-state index in [2.05, 4.69) is 10.6 Å². The minimum Gasteiger partial charge on any atom is -0.497 e. The average Bonchev–Trinajstić information content (AvgIpc) is 3.64. The lowest BCUT2D eigenvalue weighted by atomic mass is 10.0. The molecule has 0 saturated heterocycles. The van der Waals surface area contributed by atoms with E-state index in [0.717, 1.165) is 5.56 Å². The van der Waals surface area contributed by atoms with E-state index in [9.17, 15) is 14.4 Å². The van der Waals surface area contributed by atoms with Gasteiger partial charge in [0.1, 0.15) is 17.6 Å². The number of benzene rings is 2. The van der Waals surface area contributed by atoms with Crippen molar-refractivity contribution in [1.82, 2.24) is 10.6 Å². The number of aryl methyl sites for hydroxylation is 1. The van der Waals surface area contributed by atoms with Gasteiger partial charge in [0, 0.05) is 5.69 Å². The van der Waals surface area contributed by atoms with E-state index in [1.54, 1.807) is 61.7 Å². The van der Waals surface area contributed by atoms with Gasteiger partial charge in [0.25, 0.3) is 5.91 Å². The molecule has 0 aliphatic heterocycles. The molecule has 9 heteroatoms. The number of hydrogen-bond donors (Lipinski definition) is 2. The Labute approximate surface area is 214 Å². The van der Waals surface area contributed by atoms with Crippen LogP contribution in [-0.4, -0.2) is 31.4 Å². The molecular formula is C28H27N3O6. The van der Waals surface area contributed by atoms with Crippen molar-refractivity contribution in [3.8, 4) is 5.75 Å². The summed E-state index contributed by atoms with van der Waals surface area (Å²) < 4.78 is 15.7. The summed E-state index contributed by atoms with van der Waals surface area (Å²) in [5, 5.41) is 5.43. The molecule has 9 nitrogen and oxygen atoms in total. The minimum atomic E-state index is -1.03. The molecule has 0 aliphatic carbocycles. The molecule has 37 heavy (non-hydrogen) atoms. The fraction of sp³-hybridized carbons (Fsp3) is 0.179. The third-order valence-electron chi connectivity index (χ3n) is 5.68. The zero-order valence-electron chi connectivity index (χ0n) is 20.5. The summed E-state index contributed by atoms with van der Waals surface area (Å²) in [5.74, 6) is -0.205. The van der Waals surface area contributed by atoms with Crippen LogP contribution in [0.4, 0.5) is 5.69 Å². The summed E-state index contributed by atoms with van der Waals surface area (Å²) in [5.41, 5.74) is 2.06. The molecule has 0 bridgehead atoms. The van der Waals surface area contributed by atoms with Gasteiger partial charge in [-0.15, -0.1) is 0 Å². The number of carbonyl (C=O) groups is 3. The van der Waals surface area contributed by atoms with E-state index in [-0.39, 0.29) is 18.8 Å². The number of ether oxygens (including phenoxy) is 1. The Bertz CT molecular complexity index is 1310. The number of nitrogens with one attached hydrogen (secondary N) is 2. The Balaban J connectivity index is 1.68. The highest BCUT2D eigenvalue weighted by Crippen LogP contribution is 2.30. The zero-order chi connectivity index (χ0) is 26.2. The molecule has 2 aromatic heterocycles. The number of carbonyl (C=O) groups excluding carboxylic acids is 3. The molecule has 0 fully saturated rings. The number of rotatable bonds is 10.